The highest BCUT2D eigenvalue weighted by atomic mass is 16.5. The molecule has 1 aromatic rings. The minimum Gasteiger partial charge on any atom is -0.373 e. The molecule has 80 valence electrons. The van der Waals surface area contributed by atoms with Crippen LogP contribution in [0.2, 0.25) is 0 Å². The largest absolute Gasteiger partial charge is 0.373 e. The molecule has 15 heavy (non-hydrogen) atoms. The number of rotatable bonds is 3. The van der Waals surface area contributed by atoms with Crippen molar-refractivity contribution >= 4 is 0 Å². The lowest BCUT2D eigenvalue weighted by Crippen LogP contribution is -2.50. The van der Waals surface area contributed by atoms with E-state index in [1.165, 1.54) is 5.56 Å². The highest BCUT2D eigenvalue weighted by Gasteiger charge is 2.61. The summed E-state index contributed by atoms with van der Waals surface area (Å²) in [6, 6.07) is 10.7. The first-order valence-electron chi connectivity index (χ1n) is 5.64. The van der Waals surface area contributed by atoms with Crippen LogP contribution < -0.4 is 5.73 Å². The Morgan fingerprint density at radius 3 is 2.53 bits per heavy atom. The van der Waals surface area contributed by atoms with Crippen LogP contribution in [0.15, 0.2) is 30.3 Å². The Morgan fingerprint density at radius 1 is 1.20 bits per heavy atom. The third kappa shape index (κ3) is 1.40. The Bertz CT molecular complexity index is 354. The van der Waals surface area contributed by atoms with E-state index in [0.717, 1.165) is 25.9 Å². The number of hydrogen-bond donors (Lipinski definition) is 1. The van der Waals surface area contributed by atoms with E-state index in [2.05, 4.69) is 30.3 Å². The summed E-state index contributed by atoms with van der Waals surface area (Å²) in [6.45, 7) is 1.59. The van der Waals surface area contributed by atoms with Crippen LogP contribution >= 0.6 is 0 Å². The smallest absolute Gasteiger partial charge is 0.0816 e. The van der Waals surface area contributed by atoms with E-state index in [1.807, 2.05) is 0 Å². The van der Waals surface area contributed by atoms with Gasteiger partial charge in [0.25, 0.3) is 0 Å². The molecule has 1 saturated carbocycles. The van der Waals surface area contributed by atoms with Gasteiger partial charge in [-0.3, -0.25) is 0 Å². The van der Waals surface area contributed by atoms with E-state index in [-0.39, 0.29) is 5.60 Å². The average molecular weight is 203 g/mol. The van der Waals surface area contributed by atoms with Gasteiger partial charge in [-0.25, -0.2) is 0 Å². The third-order valence-electron chi connectivity index (χ3n) is 3.87. The van der Waals surface area contributed by atoms with Gasteiger partial charge in [0.15, 0.2) is 0 Å². The molecule has 1 aliphatic carbocycles. The number of ether oxygens (including phenoxy) is 1. The lowest BCUT2D eigenvalue weighted by molar-refractivity contribution is -0.00599. The molecule has 1 aromatic carbocycles. The van der Waals surface area contributed by atoms with Crippen molar-refractivity contribution < 1.29 is 4.74 Å². The summed E-state index contributed by atoms with van der Waals surface area (Å²) in [7, 11) is 0. The Kier molecular flexibility index (Phi) is 1.91. The van der Waals surface area contributed by atoms with Gasteiger partial charge in [0, 0.05) is 12.0 Å². The van der Waals surface area contributed by atoms with Crippen LogP contribution in [-0.2, 0) is 11.2 Å². The van der Waals surface area contributed by atoms with Gasteiger partial charge in [-0.05, 0) is 24.8 Å². The van der Waals surface area contributed by atoms with Gasteiger partial charge >= 0.3 is 0 Å². The van der Waals surface area contributed by atoms with Gasteiger partial charge in [-0.1, -0.05) is 30.3 Å². The fraction of sp³-hybridized carbons (Fsp3) is 0.538. The lowest BCUT2D eigenvalue weighted by atomic mass is 9.60. The molecule has 2 N–H and O–H groups in total. The van der Waals surface area contributed by atoms with E-state index in [9.17, 15) is 0 Å². The van der Waals surface area contributed by atoms with Crippen LogP contribution in [0.4, 0.5) is 0 Å². The van der Waals surface area contributed by atoms with Gasteiger partial charge in [-0.15, -0.1) is 0 Å². The second-order valence-corrected chi connectivity index (χ2v) is 5.19. The molecule has 2 nitrogen and oxygen atoms in total. The van der Waals surface area contributed by atoms with Crippen LogP contribution in [0.3, 0.4) is 0 Å². The minimum atomic E-state index is 0.0504. The SMILES string of the molecule is NCC12CC(Cc3ccccc3)(CO1)C2. The third-order valence-corrected chi connectivity index (χ3v) is 3.87. The van der Waals surface area contributed by atoms with Gasteiger partial charge < -0.3 is 10.5 Å². The summed E-state index contributed by atoms with van der Waals surface area (Å²) in [5, 5.41) is 0. The van der Waals surface area contributed by atoms with E-state index in [4.69, 9.17) is 10.5 Å². The first-order valence-corrected chi connectivity index (χ1v) is 5.64. The second kappa shape index (κ2) is 3.06. The summed E-state index contributed by atoms with van der Waals surface area (Å²) >= 11 is 0. The highest BCUT2D eigenvalue weighted by molar-refractivity contribution is 5.22. The Balaban J connectivity index is 1.72. The molecule has 0 atom stereocenters. The molecule has 0 unspecified atom stereocenters. The predicted molar refractivity (Wildman–Crippen MR) is 59.6 cm³/mol. The zero-order chi connectivity index (χ0) is 10.4. The first-order chi connectivity index (χ1) is 7.26. The maximum atomic E-state index is 5.81. The van der Waals surface area contributed by atoms with E-state index >= 15 is 0 Å². The lowest BCUT2D eigenvalue weighted by Gasteiger charge is -2.44. The normalized spacial score (nSPS) is 37.7. The maximum Gasteiger partial charge on any atom is 0.0816 e. The van der Waals surface area contributed by atoms with E-state index < -0.39 is 0 Å². The van der Waals surface area contributed by atoms with E-state index in [1.54, 1.807) is 0 Å². The first kappa shape index (κ1) is 9.37. The van der Waals surface area contributed by atoms with Gasteiger partial charge in [0.2, 0.25) is 0 Å². The Labute approximate surface area is 90.4 Å². The molecule has 0 amide bonds. The van der Waals surface area contributed by atoms with Crippen molar-refractivity contribution in [1.82, 2.24) is 0 Å². The minimum absolute atomic E-state index is 0.0504. The van der Waals surface area contributed by atoms with Gasteiger partial charge in [0.1, 0.15) is 0 Å². The molecule has 2 saturated heterocycles. The van der Waals surface area contributed by atoms with E-state index in [0.29, 0.717) is 12.0 Å². The quantitative estimate of drug-likeness (QED) is 0.812. The summed E-state index contributed by atoms with van der Waals surface area (Å²) < 4.78 is 5.81. The molecule has 2 bridgehead atoms. The molecule has 2 aliphatic heterocycles. The zero-order valence-corrected chi connectivity index (χ0v) is 8.91. The Morgan fingerprint density at radius 2 is 1.93 bits per heavy atom. The molecule has 4 rings (SSSR count). The number of nitrogens with two attached hydrogens (primary N) is 1. The summed E-state index contributed by atoms with van der Waals surface area (Å²) in [6.07, 6.45) is 3.46. The van der Waals surface area contributed by atoms with Crippen LogP contribution in [0.25, 0.3) is 0 Å². The molecule has 3 aliphatic rings. The molecular weight excluding hydrogens is 186 g/mol. The average Bonchev–Trinajstić information content (AvgIpc) is 2.74. The van der Waals surface area contributed by atoms with Crippen LogP contribution in [0.5, 0.6) is 0 Å². The monoisotopic (exact) mass is 203 g/mol. The van der Waals surface area contributed by atoms with Crippen LogP contribution in [0.1, 0.15) is 18.4 Å². The predicted octanol–water partition coefficient (Wildman–Crippen LogP) is 1.74. The summed E-state index contributed by atoms with van der Waals surface area (Å²) in [4.78, 5) is 0. The van der Waals surface area contributed by atoms with Gasteiger partial charge in [0.05, 0.1) is 12.2 Å². The second-order valence-electron chi connectivity index (χ2n) is 5.19. The highest BCUT2D eigenvalue weighted by Crippen LogP contribution is 2.58. The maximum absolute atomic E-state index is 5.81. The molecule has 2 heteroatoms. The number of hydrogen-bond acceptors (Lipinski definition) is 2. The topological polar surface area (TPSA) is 35.2 Å². The van der Waals surface area contributed by atoms with Crippen molar-refractivity contribution in [1.29, 1.82) is 0 Å². The molecule has 3 fully saturated rings. The molecular formula is C13H17NO. The molecule has 0 aromatic heterocycles. The fourth-order valence-electron chi connectivity index (χ4n) is 3.23. The van der Waals surface area contributed by atoms with Crippen LogP contribution in [-0.4, -0.2) is 18.8 Å². The van der Waals surface area contributed by atoms with Crippen molar-refractivity contribution in [2.75, 3.05) is 13.2 Å². The van der Waals surface area contributed by atoms with Crippen molar-refractivity contribution in [3.63, 3.8) is 0 Å². The van der Waals surface area contributed by atoms with Crippen molar-refractivity contribution in [2.45, 2.75) is 24.9 Å². The fourth-order valence-corrected chi connectivity index (χ4v) is 3.23. The number of benzene rings is 1. The molecule has 0 spiro atoms. The summed E-state index contributed by atoms with van der Waals surface area (Å²) in [5.74, 6) is 0. The van der Waals surface area contributed by atoms with Crippen molar-refractivity contribution in [3.05, 3.63) is 35.9 Å². The van der Waals surface area contributed by atoms with Gasteiger partial charge in [-0.2, -0.15) is 0 Å². The standard InChI is InChI=1S/C13H17NO/c14-9-13-7-12(8-13,10-15-13)6-11-4-2-1-3-5-11/h1-5H,6-10,14H2. The van der Waals surface area contributed by atoms with Crippen molar-refractivity contribution in [2.24, 2.45) is 11.1 Å². The Hall–Kier alpha value is -0.860. The van der Waals surface area contributed by atoms with Crippen LogP contribution in [0, 0.1) is 5.41 Å². The summed E-state index contributed by atoms with van der Waals surface area (Å²) in [5.41, 5.74) is 7.61. The molecule has 2 heterocycles. The van der Waals surface area contributed by atoms with Crippen molar-refractivity contribution in [3.8, 4) is 0 Å². The number of fused-ring (bicyclic) bond motifs is 1. The molecule has 0 radical (unpaired) electrons. The zero-order valence-electron chi connectivity index (χ0n) is 8.91.